The van der Waals surface area contributed by atoms with Crippen molar-refractivity contribution in [2.75, 3.05) is 23.4 Å². The molecule has 7 heteroatoms. The molecule has 2 rings (SSSR count). The number of hydrogen-bond acceptors (Lipinski definition) is 5. The first-order chi connectivity index (χ1) is 9.44. The minimum atomic E-state index is -2.94. The van der Waals surface area contributed by atoms with Crippen molar-refractivity contribution in [2.24, 2.45) is 5.73 Å². The molecule has 1 fully saturated rings. The molecule has 3 N–H and O–H groups in total. The van der Waals surface area contributed by atoms with E-state index in [1.165, 1.54) is 0 Å². The molecule has 1 aliphatic heterocycles. The molecule has 1 heterocycles. The first-order valence-electron chi connectivity index (χ1n) is 6.43. The van der Waals surface area contributed by atoms with Crippen molar-refractivity contribution < 1.29 is 17.9 Å². The number of primary amides is 1. The molecule has 0 spiro atoms. The number of hydrogen-bond donors (Lipinski definition) is 2. The highest BCUT2D eigenvalue weighted by molar-refractivity contribution is 7.91. The van der Waals surface area contributed by atoms with Gasteiger partial charge in [-0.05, 0) is 25.0 Å². The van der Waals surface area contributed by atoms with Gasteiger partial charge in [-0.15, -0.1) is 0 Å². The molecular weight excluding hydrogens is 280 g/mol. The molecule has 1 unspecified atom stereocenters. The van der Waals surface area contributed by atoms with E-state index in [1.54, 1.807) is 18.2 Å². The second kappa shape index (κ2) is 6.13. The van der Waals surface area contributed by atoms with Crippen molar-refractivity contribution in [1.82, 2.24) is 0 Å². The molecule has 1 aromatic carbocycles. The van der Waals surface area contributed by atoms with Gasteiger partial charge in [-0.25, -0.2) is 8.42 Å². The largest absolute Gasteiger partial charge is 0.484 e. The van der Waals surface area contributed by atoms with Gasteiger partial charge in [0.25, 0.3) is 5.91 Å². The van der Waals surface area contributed by atoms with Gasteiger partial charge in [0.1, 0.15) is 5.75 Å². The Labute approximate surface area is 118 Å². The van der Waals surface area contributed by atoms with Gasteiger partial charge in [-0.3, -0.25) is 4.79 Å². The maximum absolute atomic E-state index is 11.6. The molecular formula is C13H18N2O4S. The number of nitrogens with two attached hydrogens (primary N) is 1. The number of benzene rings is 1. The molecule has 1 saturated heterocycles. The third-order valence-electron chi connectivity index (χ3n) is 3.05. The smallest absolute Gasteiger partial charge is 0.255 e. The number of amides is 1. The van der Waals surface area contributed by atoms with Crippen LogP contribution in [0.15, 0.2) is 24.3 Å². The Balaban J connectivity index is 1.99. The molecule has 1 atom stereocenters. The fourth-order valence-corrected chi connectivity index (χ4v) is 3.84. The zero-order valence-electron chi connectivity index (χ0n) is 11.0. The van der Waals surface area contributed by atoms with E-state index in [9.17, 15) is 13.2 Å². The third-order valence-corrected chi connectivity index (χ3v) is 4.87. The van der Waals surface area contributed by atoms with Gasteiger partial charge in [-0.2, -0.15) is 0 Å². The van der Waals surface area contributed by atoms with Crippen LogP contribution in [0.3, 0.4) is 0 Å². The Bertz CT molecular complexity index is 586. The Kier molecular flexibility index (Phi) is 4.49. The molecule has 110 valence electrons. The van der Waals surface area contributed by atoms with Crippen LogP contribution in [0, 0.1) is 0 Å². The zero-order valence-corrected chi connectivity index (χ0v) is 11.9. The average Bonchev–Trinajstić information content (AvgIpc) is 2.35. The SMILES string of the molecule is NC(=O)COc1cccc(NC2CCCS(=O)(=O)C2)c1. The highest BCUT2D eigenvalue weighted by Gasteiger charge is 2.24. The molecule has 20 heavy (non-hydrogen) atoms. The zero-order chi connectivity index (χ0) is 14.6. The Morgan fingerprint density at radius 1 is 1.45 bits per heavy atom. The first-order valence-corrected chi connectivity index (χ1v) is 8.25. The third kappa shape index (κ3) is 4.41. The van der Waals surface area contributed by atoms with Crippen molar-refractivity contribution in [3.63, 3.8) is 0 Å². The van der Waals surface area contributed by atoms with Crippen LogP contribution in [0.1, 0.15) is 12.8 Å². The Hall–Kier alpha value is -1.76. The normalized spacial score (nSPS) is 21.1. The van der Waals surface area contributed by atoms with Crippen molar-refractivity contribution in [3.8, 4) is 5.75 Å². The summed E-state index contributed by atoms with van der Waals surface area (Å²) in [4.78, 5) is 10.7. The van der Waals surface area contributed by atoms with Crippen LogP contribution in [0.5, 0.6) is 5.75 Å². The lowest BCUT2D eigenvalue weighted by Crippen LogP contribution is -2.34. The van der Waals surface area contributed by atoms with E-state index in [-0.39, 0.29) is 24.2 Å². The Morgan fingerprint density at radius 3 is 2.95 bits per heavy atom. The minimum Gasteiger partial charge on any atom is -0.484 e. The summed E-state index contributed by atoms with van der Waals surface area (Å²) >= 11 is 0. The van der Waals surface area contributed by atoms with Crippen molar-refractivity contribution in [3.05, 3.63) is 24.3 Å². The van der Waals surface area contributed by atoms with Gasteiger partial charge in [0, 0.05) is 17.8 Å². The molecule has 1 amide bonds. The maximum Gasteiger partial charge on any atom is 0.255 e. The summed E-state index contributed by atoms with van der Waals surface area (Å²) in [5.74, 6) is 0.404. The van der Waals surface area contributed by atoms with Gasteiger partial charge < -0.3 is 15.8 Å². The van der Waals surface area contributed by atoms with E-state index in [0.717, 1.165) is 12.1 Å². The van der Waals surface area contributed by atoms with E-state index in [4.69, 9.17) is 10.5 Å². The van der Waals surface area contributed by atoms with Crippen LogP contribution in [-0.2, 0) is 14.6 Å². The van der Waals surface area contributed by atoms with E-state index in [2.05, 4.69) is 5.32 Å². The van der Waals surface area contributed by atoms with Gasteiger partial charge in [-0.1, -0.05) is 6.07 Å². The van der Waals surface area contributed by atoms with Gasteiger partial charge in [0.05, 0.1) is 11.5 Å². The van der Waals surface area contributed by atoms with Crippen LogP contribution in [0.2, 0.25) is 0 Å². The van der Waals surface area contributed by atoms with Crippen molar-refractivity contribution >= 4 is 21.4 Å². The molecule has 0 bridgehead atoms. The molecule has 6 nitrogen and oxygen atoms in total. The number of anilines is 1. The number of nitrogens with one attached hydrogen (secondary N) is 1. The average molecular weight is 298 g/mol. The molecule has 0 radical (unpaired) electrons. The van der Waals surface area contributed by atoms with Crippen molar-refractivity contribution in [1.29, 1.82) is 0 Å². The second-order valence-corrected chi connectivity index (χ2v) is 7.11. The lowest BCUT2D eigenvalue weighted by Gasteiger charge is -2.24. The number of ether oxygens (including phenoxy) is 1. The number of sulfone groups is 1. The lowest BCUT2D eigenvalue weighted by molar-refractivity contribution is -0.119. The van der Waals surface area contributed by atoms with Crippen LogP contribution in [0.25, 0.3) is 0 Å². The fraction of sp³-hybridized carbons (Fsp3) is 0.462. The first kappa shape index (κ1) is 14.6. The summed E-state index contributed by atoms with van der Waals surface area (Å²) in [6.07, 6.45) is 1.50. The topological polar surface area (TPSA) is 98.5 Å². The predicted molar refractivity (Wildman–Crippen MR) is 76.4 cm³/mol. The highest BCUT2D eigenvalue weighted by atomic mass is 32.2. The van der Waals surface area contributed by atoms with Crippen LogP contribution >= 0.6 is 0 Å². The highest BCUT2D eigenvalue weighted by Crippen LogP contribution is 2.21. The fourth-order valence-electron chi connectivity index (χ4n) is 2.20. The molecule has 1 aliphatic rings. The Morgan fingerprint density at radius 2 is 2.25 bits per heavy atom. The van der Waals surface area contributed by atoms with E-state index in [1.807, 2.05) is 6.07 Å². The van der Waals surface area contributed by atoms with Gasteiger partial charge >= 0.3 is 0 Å². The van der Waals surface area contributed by atoms with Gasteiger partial charge in [0.2, 0.25) is 0 Å². The second-order valence-electron chi connectivity index (χ2n) is 4.88. The monoisotopic (exact) mass is 298 g/mol. The summed E-state index contributed by atoms with van der Waals surface area (Å²) in [5.41, 5.74) is 5.78. The van der Waals surface area contributed by atoms with E-state index < -0.39 is 15.7 Å². The number of carbonyl (C=O) groups excluding carboxylic acids is 1. The van der Waals surface area contributed by atoms with Crippen LogP contribution in [0.4, 0.5) is 5.69 Å². The van der Waals surface area contributed by atoms with Crippen LogP contribution < -0.4 is 15.8 Å². The lowest BCUT2D eigenvalue weighted by atomic mass is 10.1. The summed E-state index contributed by atoms with van der Waals surface area (Å²) in [6.45, 7) is -0.179. The van der Waals surface area contributed by atoms with E-state index in [0.29, 0.717) is 12.2 Å². The number of rotatable bonds is 5. The summed E-state index contributed by atoms with van der Waals surface area (Å²) in [7, 11) is -2.94. The quantitative estimate of drug-likeness (QED) is 0.826. The van der Waals surface area contributed by atoms with Crippen LogP contribution in [-0.4, -0.2) is 38.5 Å². The molecule has 1 aromatic rings. The summed E-state index contributed by atoms with van der Waals surface area (Å²) < 4.78 is 28.4. The predicted octanol–water partition coefficient (Wildman–Crippen LogP) is 0.540. The standard InChI is InChI=1S/C13H18N2O4S/c14-13(16)8-19-12-5-1-3-10(7-12)15-11-4-2-6-20(17,18)9-11/h1,3,5,7,11,15H,2,4,6,8-9H2,(H2,14,16). The summed E-state index contributed by atoms with van der Waals surface area (Å²) in [5, 5.41) is 3.19. The van der Waals surface area contributed by atoms with E-state index >= 15 is 0 Å². The molecule has 0 saturated carbocycles. The minimum absolute atomic E-state index is 0.0832. The molecule has 0 aliphatic carbocycles. The van der Waals surface area contributed by atoms with Gasteiger partial charge in [0.15, 0.2) is 16.4 Å². The number of carbonyl (C=O) groups is 1. The molecule has 0 aromatic heterocycles. The maximum atomic E-state index is 11.6. The van der Waals surface area contributed by atoms with Crippen molar-refractivity contribution in [2.45, 2.75) is 18.9 Å². The summed E-state index contributed by atoms with van der Waals surface area (Å²) in [6, 6.07) is 6.96.